The average molecular weight is 231 g/mol. The molecule has 0 saturated carbocycles. The molecule has 2 aromatic heterocycles. The molecule has 0 unspecified atom stereocenters. The number of aromatic nitrogens is 3. The van der Waals surface area contributed by atoms with Gasteiger partial charge in [0.2, 0.25) is 0 Å². The molecule has 0 saturated heterocycles. The van der Waals surface area contributed by atoms with Crippen LogP contribution in [0.2, 0.25) is 0 Å². The van der Waals surface area contributed by atoms with Gasteiger partial charge in [-0.3, -0.25) is 10.4 Å². The van der Waals surface area contributed by atoms with Gasteiger partial charge >= 0.3 is 0 Å². The van der Waals surface area contributed by atoms with Gasteiger partial charge in [-0.1, -0.05) is 6.07 Å². The Morgan fingerprint density at radius 1 is 1.41 bits per heavy atom. The Bertz CT molecular complexity index is 462. The summed E-state index contributed by atoms with van der Waals surface area (Å²) in [5, 5.41) is 0. The predicted octanol–water partition coefficient (Wildman–Crippen LogP) is 1.19. The average Bonchev–Trinajstić information content (AvgIpc) is 2.67. The van der Waals surface area contributed by atoms with Crippen LogP contribution in [-0.4, -0.2) is 16.2 Å². The summed E-state index contributed by atoms with van der Waals surface area (Å²) in [6.07, 6.45) is 8.02. The van der Waals surface area contributed by atoms with Crippen molar-refractivity contribution in [3.63, 3.8) is 0 Å². The zero-order chi connectivity index (χ0) is 12.1. The number of aryl methyl sites for hydroxylation is 2. The summed E-state index contributed by atoms with van der Waals surface area (Å²) >= 11 is 0. The van der Waals surface area contributed by atoms with Gasteiger partial charge in [-0.15, -0.1) is 4.68 Å². The summed E-state index contributed by atoms with van der Waals surface area (Å²) in [4.78, 5) is 4.31. The van der Waals surface area contributed by atoms with E-state index in [2.05, 4.69) is 32.6 Å². The van der Waals surface area contributed by atoms with Crippen molar-refractivity contribution in [2.75, 3.05) is 12.0 Å². The van der Waals surface area contributed by atoms with E-state index in [9.17, 15) is 0 Å². The Balaban J connectivity index is 1.75. The molecule has 1 N–H and O–H groups in total. The highest BCUT2D eigenvalue weighted by atomic mass is 15.4. The second kappa shape index (κ2) is 5.48. The van der Waals surface area contributed by atoms with E-state index in [4.69, 9.17) is 0 Å². The lowest BCUT2D eigenvalue weighted by atomic mass is 10.2. The molecule has 2 heterocycles. The van der Waals surface area contributed by atoms with Crippen LogP contribution in [0.4, 0.5) is 0 Å². The van der Waals surface area contributed by atoms with Gasteiger partial charge in [0, 0.05) is 18.8 Å². The zero-order valence-corrected chi connectivity index (χ0v) is 10.4. The van der Waals surface area contributed by atoms with Gasteiger partial charge in [-0.05, 0) is 25.0 Å². The summed E-state index contributed by atoms with van der Waals surface area (Å²) < 4.78 is 4.14. The van der Waals surface area contributed by atoms with E-state index in [0.29, 0.717) is 0 Å². The molecule has 4 heteroatoms. The first kappa shape index (κ1) is 11.6. The number of imidazole rings is 1. The molecule has 0 aliphatic carbocycles. The van der Waals surface area contributed by atoms with Crippen LogP contribution in [0.5, 0.6) is 0 Å². The van der Waals surface area contributed by atoms with Gasteiger partial charge < -0.3 is 0 Å². The molecule has 2 rings (SSSR count). The molecule has 90 valence electrons. The fourth-order valence-corrected chi connectivity index (χ4v) is 1.73. The fourth-order valence-electron chi connectivity index (χ4n) is 1.73. The van der Waals surface area contributed by atoms with Crippen LogP contribution < -0.4 is 9.99 Å². The third-order valence-corrected chi connectivity index (χ3v) is 2.92. The lowest BCUT2D eigenvalue weighted by molar-refractivity contribution is -0.677. The Morgan fingerprint density at radius 3 is 2.94 bits per heavy atom. The molecule has 2 aromatic rings. The van der Waals surface area contributed by atoms with Crippen molar-refractivity contribution in [1.29, 1.82) is 0 Å². The van der Waals surface area contributed by atoms with E-state index in [0.717, 1.165) is 25.1 Å². The highest BCUT2D eigenvalue weighted by molar-refractivity contribution is 5.03. The summed E-state index contributed by atoms with van der Waals surface area (Å²) in [7, 11) is 2.04. The molecule has 0 atom stereocenters. The highest BCUT2D eigenvalue weighted by Gasteiger charge is 2.07. The lowest BCUT2D eigenvalue weighted by Gasteiger charge is -2.03. The number of hydrogen-bond acceptors (Lipinski definition) is 2. The molecule has 0 spiro atoms. The maximum Gasteiger partial charge on any atom is 0.276 e. The second-order valence-electron chi connectivity index (χ2n) is 4.16. The summed E-state index contributed by atoms with van der Waals surface area (Å²) in [6, 6.07) is 6.05. The molecule has 0 bridgehead atoms. The normalized spacial score (nSPS) is 10.5. The first-order valence-electron chi connectivity index (χ1n) is 5.95. The van der Waals surface area contributed by atoms with Crippen LogP contribution >= 0.6 is 0 Å². The van der Waals surface area contributed by atoms with Crippen molar-refractivity contribution < 1.29 is 4.57 Å². The maximum atomic E-state index is 4.31. The number of nitrogens with zero attached hydrogens (tertiary/aromatic N) is 3. The Hall–Kier alpha value is -1.84. The van der Waals surface area contributed by atoms with Crippen LogP contribution in [0, 0.1) is 6.92 Å². The highest BCUT2D eigenvalue weighted by Crippen LogP contribution is 1.98. The van der Waals surface area contributed by atoms with Crippen molar-refractivity contribution in [3.05, 3.63) is 48.3 Å². The standard InChI is InChI=1S/C13H19N4/c1-12-16(2)10-11-17(12)15-9-5-7-13-6-3-4-8-14-13/h3-4,6,8,10-11,15H,5,7,9H2,1-2H3/q+1. The molecule has 0 radical (unpaired) electrons. The third kappa shape index (κ3) is 3.06. The third-order valence-electron chi connectivity index (χ3n) is 2.92. The quantitative estimate of drug-likeness (QED) is 0.619. The smallest absolute Gasteiger partial charge is 0.261 e. The van der Waals surface area contributed by atoms with Gasteiger partial charge in [0.25, 0.3) is 5.82 Å². The maximum absolute atomic E-state index is 4.31. The largest absolute Gasteiger partial charge is 0.276 e. The molecule has 0 aliphatic heterocycles. The minimum atomic E-state index is 0.950. The van der Waals surface area contributed by atoms with E-state index >= 15 is 0 Å². The minimum Gasteiger partial charge on any atom is -0.261 e. The molecule has 0 amide bonds. The lowest BCUT2D eigenvalue weighted by Crippen LogP contribution is -2.31. The minimum absolute atomic E-state index is 0.950. The van der Waals surface area contributed by atoms with Crippen molar-refractivity contribution in [1.82, 2.24) is 9.66 Å². The topological polar surface area (TPSA) is 33.7 Å². The number of nitrogens with one attached hydrogen (secondary N) is 1. The number of hydrogen-bond donors (Lipinski definition) is 1. The van der Waals surface area contributed by atoms with Crippen molar-refractivity contribution >= 4 is 0 Å². The Kier molecular flexibility index (Phi) is 3.75. The van der Waals surface area contributed by atoms with Crippen LogP contribution in [0.15, 0.2) is 36.8 Å². The van der Waals surface area contributed by atoms with E-state index in [1.165, 1.54) is 5.82 Å². The second-order valence-corrected chi connectivity index (χ2v) is 4.16. The molecular formula is C13H19N4+. The van der Waals surface area contributed by atoms with Crippen LogP contribution in [-0.2, 0) is 13.5 Å². The predicted molar refractivity (Wildman–Crippen MR) is 67.1 cm³/mol. The van der Waals surface area contributed by atoms with Gasteiger partial charge in [-0.2, -0.15) is 0 Å². The van der Waals surface area contributed by atoms with Crippen molar-refractivity contribution in [2.24, 2.45) is 7.05 Å². The molecular weight excluding hydrogens is 212 g/mol. The first-order chi connectivity index (χ1) is 8.27. The Labute approximate surface area is 102 Å². The van der Waals surface area contributed by atoms with Crippen LogP contribution in [0.3, 0.4) is 0 Å². The summed E-state index contributed by atoms with van der Waals surface area (Å²) in [5.74, 6) is 1.20. The molecule has 0 aliphatic rings. The van der Waals surface area contributed by atoms with E-state index in [1.54, 1.807) is 0 Å². The SMILES string of the molecule is Cc1n(NCCCc2ccccn2)cc[n+]1C. The monoisotopic (exact) mass is 231 g/mol. The van der Waals surface area contributed by atoms with E-state index in [1.807, 2.05) is 37.8 Å². The van der Waals surface area contributed by atoms with Gasteiger partial charge in [-0.25, -0.2) is 4.57 Å². The van der Waals surface area contributed by atoms with E-state index < -0.39 is 0 Å². The van der Waals surface area contributed by atoms with Gasteiger partial charge in [0.1, 0.15) is 6.20 Å². The van der Waals surface area contributed by atoms with Gasteiger partial charge in [0.15, 0.2) is 6.20 Å². The summed E-state index contributed by atoms with van der Waals surface area (Å²) in [5.41, 5.74) is 4.53. The molecule has 0 fully saturated rings. The van der Waals surface area contributed by atoms with Gasteiger partial charge in [0.05, 0.1) is 13.6 Å². The number of pyridine rings is 1. The molecule has 4 nitrogen and oxygen atoms in total. The van der Waals surface area contributed by atoms with Crippen molar-refractivity contribution in [3.8, 4) is 0 Å². The number of rotatable bonds is 5. The first-order valence-corrected chi connectivity index (χ1v) is 5.95. The fraction of sp³-hybridized carbons (Fsp3) is 0.385. The zero-order valence-electron chi connectivity index (χ0n) is 10.4. The van der Waals surface area contributed by atoms with Crippen LogP contribution in [0.25, 0.3) is 0 Å². The van der Waals surface area contributed by atoms with E-state index in [-0.39, 0.29) is 0 Å². The Morgan fingerprint density at radius 2 is 2.29 bits per heavy atom. The molecule has 17 heavy (non-hydrogen) atoms. The molecule has 0 aromatic carbocycles. The van der Waals surface area contributed by atoms with Crippen molar-refractivity contribution in [2.45, 2.75) is 19.8 Å². The summed E-state index contributed by atoms with van der Waals surface area (Å²) in [6.45, 7) is 3.04. The van der Waals surface area contributed by atoms with Crippen LogP contribution in [0.1, 0.15) is 17.9 Å².